The summed E-state index contributed by atoms with van der Waals surface area (Å²) in [6, 6.07) is 5.92. The van der Waals surface area contributed by atoms with Crippen LogP contribution >= 0.6 is 0 Å². The molecule has 0 saturated carbocycles. The number of hydrogen-bond donors (Lipinski definition) is 0. The number of halogens is 1. The Morgan fingerprint density at radius 3 is 2.71 bits per heavy atom. The highest BCUT2D eigenvalue weighted by Crippen LogP contribution is 2.14. The summed E-state index contributed by atoms with van der Waals surface area (Å²) in [5.74, 6) is -1.05. The van der Waals surface area contributed by atoms with Crippen LogP contribution in [0.15, 0.2) is 49.7 Å². The second-order valence-corrected chi connectivity index (χ2v) is 3.29. The molecule has 0 N–H and O–H groups in total. The van der Waals surface area contributed by atoms with Crippen LogP contribution in [0.1, 0.15) is 5.56 Å². The first-order valence-electron chi connectivity index (χ1n) is 4.71. The van der Waals surface area contributed by atoms with E-state index in [-0.39, 0.29) is 22.9 Å². The van der Waals surface area contributed by atoms with Crippen molar-refractivity contribution >= 4 is 23.3 Å². The molecule has 0 aromatic heterocycles. The number of amides is 1. The van der Waals surface area contributed by atoms with Gasteiger partial charge in [-0.3, -0.25) is 4.79 Å². The third-order valence-corrected chi connectivity index (χ3v) is 2.23. The molecular formula is C10H4FN5O. The molecule has 0 atom stereocenters. The molecule has 0 radical (unpaired) electrons. The number of aliphatic imine (C=N–C) groups is 2. The van der Waals surface area contributed by atoms with E-state index >= 15 is 0 Å². The fraction of sp³-hybridized carbons (Fsp3) is 0. The van der Waals surface area contributed by atoms with E-state index in [1.54, 1.807) is 12.1 Å². The Morgan fingerprint density at radius 1 is 1.06 bits per heavy atom. The number of carbonyl (C=O) groups is 1. The van der Waals surface area contributed by atoms with Gasteiger partial charge in [-0.25, -0.2) is 9.38 Å². The third-order valence-electron chi connectivity index (χ3n) is 2.23. The molecule has 6 nitrogen and oxygen atoms in total. The van der Waals surface area contributed by atoms with Gasteiger partial charge in [0.15, 0.2) is 5.84 Å². The van der Waals surface area contributed by atoms with Crippen LogP contribution in [0.3, 0.4) is 0 Å². The standard InChI is InChI=1S/C10H4FN5O/c11-6-4-2-1-3-5(6)8-12-9-7(10(17)13-8)14-16-15-9/h1-4H. The van der Waals surface area contributed by atoms with Gasteiger partial charge in [-0.05, 0) is 17.4 Å². The molecule has 2 aliphatic heterocycles. The van der Waals surface area contributed by atoms with Gasteiger partial charge in [-0.2, -0.15) is 4.99 Å². The second kappa shape index (κ2) is 3.48. The zero-order valence-corrected chi connectivity index (χ0v) is 8.33. The maximum atomic E-state index is 13.5. The van der Waals surface area contributed by atoms with Crippen LogP contribution in [0.5, 0.6) is 0 Å². The Labute approximate surface area is 94.3 Å². The number of rotatable bonds is 1. The van der Waals surface area contributed by atoms with Crippen molar-refractivity contribution in [2.24, 2.45) is 25.4 Å². The lowest BCUT2D eigenvalue weighted by Crippen LogP contribution is -2.26. The Hall–Kier alpha value is -2.57. The van der Waals surface area contributed by atoms with Crippen molar-refractivity contribution in [1.82, 2.24) is 0 Å². The molecule has 17 heavy (non-hydrogen) atoms. The second-order valence-electron chi connectivity index (χ2n) is 3.29. The van der Waals surface area contributed by atoms with Gasteiger partial charge >= 0.3 is 5.91 Å². The van der Waals surface area contributed by atoms with E-state index in [0.717, 1.165) is 0 Å². The summed E-state index contributed by atoms with van der Waals surface area (Å²) in [5, 5.41) is 10.4. The Bertz CT molecular complexity index is 644. The molecule has 2 heterocycles. The minimum atomic E-state index is -0.613. The lowest BCUT2D eigenvalue weighted by atomic mass is 10.1. The molecule has 2 aliphatic rings. The average molecular weight is 229 g/mol. The van der Waals surface area contributed by atoms with Crippen LogP contribution in [0, 0.1) is 5.82 Å². The van der Waals surface area contributed by atoms with Crippen LogP contribution in [-0.2, 0) is 4.79 Å². The molecule has 0 spiro atoms. The number of nitrogens with zero attached hydrogens (tertiary/aromatic N) is 5. The van der Waals surface area contributed by atoms with Gasteiger partial charge in [0.05, 0.1) is 5.56 Å². The molecule has 0 bridgehead atoms. The summed E-state index contributed by atoms with van der Waals surface area (Å²) in [5.41, 5.74) is 0.139. The normalized spacial score (nSPS) is 17.5. The van der Waals surface area contributed by atoms with Gasteiger partial charge in [0.2, 0.25) is 11.5 Å². The summed E-state index contributed by atoms with van der Waals surface area (Å²) < 4.78 is 13.5. The lowest BCUT2D eigenvalue weighted by Gasteiger charge is -2.06. The molecule has 0 unspecified atom stereocenters. The van der Waals surface area contributed by atoms with Crippen molar-refractivity contribution in [2.45, 2.75) is 0 Å². The molecule has 1 amide bonds. The van der Waals surface area contributed by atoms with Crippen LogP contribution in [0.25, 0.3) is 0 Å². The number of fused-ring (bicyclic) bond motifs is 1. The van der Waals surface area contributed by atoms with E-state index in [1.807, 2.05) is 0 Å². The van der Waals surface area contributed by atoms with Gasteiger partial charge in [-0.1, -0.05) is 12.1 Å². The van der Waals surface area contributed by atoms with E-state index in [9.17, 15) is 9.18 Å². The first kappa shape index (κ1) is 9.64. The maximum absolute atomic E-state index is 13.5. The first-order chi connectivity index (χ1) is 8.25. The Balaban J connectivity index is 2.12. The quantitative estimate of drug-likeness (QED) is 0.715. The van der Waals surface area contributed by atoms with Crippen molar-refractivity contribution in [3.63, 3.8) is 0 Å². The zero-order valence-electron chi connectivity index (χ0n) is 8.33. The van der Waals surface area contributed by atoms with E-state index in [2.05, 4.69) is 25.4 Å². The van der Waals surface area contributed by atoms with Crippen LogP contribution < -0.4 is 0 Å². The van der Waals surface area contributed by atoms with Crippen molar-refractivity contribution in [2.75, 3.05) is 0 Å². The average Bonchev–Trinajstić information content (AvgIpc) is 2.78. The molecule has 1 aromatic rings. The Kier molecular flexibility index (Phi) is 1.97. The largest absolute Gasteiger partial charge is 0.303 e. The monoisotopic (exact) mass is 229 g/mol. The first-order valence-corrected chi connectivity index (χ1v) is 4.71. The highest BCUT2D eigenvalue weighted by molar-refractivity contribution is 6.69. The topological polar surface area (TPSA) is 78.9 Å². The fourth-order valence-electron chi connectivity index (χ4n) is 1.45. The summed E-state index contributed by atoms with van der Waals surface area (Å²) >= 11 is 0. The van der Waals surface area contributed by atoms with Crippen molar-refractivity contribution in [3.8, 4) is 0 Å². The minimum Gasteiger partial charge on any atom is -0.265 e. The molecule has 7 heteroatoms. The molecule has 0 aliphatic carbocycles. The third kappa shape index (κ3) is 1.48. The summed E-state index contributed by atoms with van der Waals surface area (Å²) in [7, 11) is 0. The van der Waals surface area contributed by atoms with Gasteiger partial charge in [0.25, 0.3) is 0 Å². The molecule has 0 fully saturated rings. The van der Waals surface area contributed by atoms with E-state index in [1.165, 1.54) is 12.1 Å². The van der Waals surface area contributed by atoms with Crippen molar-refractivity contribution in [1.29, 1.82) is 0 Å². The summed E-state index contributed by atoms with van der Waals surface area (Å²) in [4.78, 5) is 19.1. The van der Waals surface area contributed by atoms with Gasteiger partial charge in [0, 0.05) is 0 Å². The highest BCUT2D eigenvalue weighted by atomic mass is 19.1. The summed E-state index contributed by atoms with van der Waals surface area (Å²) in [6.45, 7) is 0. The van der Waals surface area contributed by atoms with Gasteiger partial charge in [0.1, 0.15) is 5.82 Å². The fourth-order valence-corrected chi connectivity index (χ4v) is 1.45. The van der Waals surface area contributed by atoms with Crippen LogP contribution in [-0.4, -0.2) is 23.3 Å². The predicted molar refractivity (Wildman–Crippen MR) is 57.7 cm³/mol. The Morgan fingerprint density at radius 2 is 1.88 bits per heavy atom. The molecular weight excluding hydrogens is 225 g/mol. The van der Waals surface area contributed by atoms with Crippen molar-refractivity contribution in [3.05, 3.63) is 35.6 Å². The molecule has 0 saturated heterocycles. The van der Waals surface area contributed by atoms with Gasteiger partial charge in [-0.15, -0.1) is 10.2 Å². The van der Waals surface area contributed by atoms with E-state index < -0.39 is 11.7 Å². The number of carbonyl (C=O) groups excluding carboxylic acids is 1. The zero-order chi connectivity index (χ0) is 11.8. The molecule has 3 rings (SSSR count). The number of hydrogen-bond acceptors (Lipinski definition) is 5. The minimum absolute atomic E-state index is 0.00918. The smallest absolute Gasteiger partial charge is 0.265 e. The molecule has 82 valence electrons. The maximum Gasteiger partial charge on any atom is 0.303 e. The number of benzene rings is 1. The number of amidine groups is 2. The van der Waals surface area contributed by atoms with Crippen LogP contribution in [0.2, 0.25) is 0 Å². The van der Waals surface area contributed by atoms with E-state index in [0.29, 0.717) is 0 Å². The highest BCUT2D eigenvalue weighted by Gasteiger charge is 2.28. The molecule has 1 aromatic carbocycles. The lowest BCUT2D eigenvalue weighted by molar-refractivity contribution is -0.111. The van der Waals surface area contributed by atoms with Crippen molar-refractivity contribution < 1.29 is 9.18 Å². The van der Waals surface area contributed by atoms with E-state index in [4.69, 9.17) is 0 Å². The van der Waals surface area contributed by atoms with Gasteiger partial charge < -0.3 is 0 Å². The van der Waals surface area contributed by atoms with Crippen LogP contribution in [0.4, 0.5) is 4.39 Å². The predicted octanol–water partition coefficient (Wildman–Crippen LogP) is 1.33. The summed E-state index contributed by atoms with van der Waals surface area (Å²) in [6.07, 6.45) is 0. The SMILES string of the molecule is O=C1N=C(c2ccccc2F)N=C2N=NN=C12.